The maximum atomic E-state index is 6.57. The lowest BCUT2D eigenvalue weighted by Crippen LogP contribution is -2.17. The van der Waals surface area contributed by atoms with Crippen molar-refractivity contribution < 1.29 is 0 Å². The number of hydrogen-bond acceptors (Lipinski definition) is 1. The van der Waals surface area contributed by atoms with Gasteiger partial charge in [0.1, 0.15) is 0 Å². The Kier molecular flexibility index (Phi) is 3.55. The molecule has 0 amide bonds. The van der Waals surface area contributed by atoms with E-state index in [1.54, 1.807) is 0 Å². The monoisotopic (exact) mass is 259 g/mol. The zero-order chi connectivity index (χ0) is 14.4. The summed E-state index contributed by atoms with van der Waals surface area (Å²) in [6.45, 7) is 13.8. The van der Waals surface area contributed by atoms with Crippen molar-refractivity contribution in [3.63, 3.8) is 0 Å². The summed E-state index contributed by atoms with van der Waals surface area (Å²) in [7, 11) is 0. The minimum absolute atomic E-state index is 0.168. The van der Waals surface area contributed by atoms with Crippen LogP contribution < -0.4 is 5.73 Å². The van der Waals surface area contributed by atoms with Crippen LogP contribution in [0.1, 0.15) is 64.3 Å². The number of nitrogens with two attached hydrogens (primary N) is 1. The summed E-state index contributed by atoms with van der Waals surface area (Å²) in [6.07, 6.45) is 2.21. The average Bonchev–Trinajstić information content (AvgIpc) is 2.78. The second-order valence-corrected chi connectivity index (χ2v) is 7.18. The van der Waals surface area contributed by atoms with Crippen molar-refractivity contribution >= 4 is 0 Å². The molecule has 1 saturated carbocycles. The van der Waals surface area contributed by atoms with E-state index in [-0.39, 0.29) is 6.04 Å². The second-order valence-electron chi connectivity index (χ2n) is 7.18. The highest BCUT2D eigenvalue weighted by Crippen LogP contribution is 2.71. The molecular weight excluding hydrogens is 230 g/mol. The summed E-state index contributed by atoms with van der Waals surface area (Å²) >= 11 is 0. The van der Waals surface area contributed by atoms with Gasteiger partial charge in [-0.15, -0.1) is 0 Å². The zero-order valence-corrected chi connectivity index (χ0v) is 13.4. The molecule has 0 aromatic heterocycles. The van der Waals surface area contributed by atoms with Gasteiger partial charge in [0, 0.05) is 6.04 Å². The van der Waals surface area contributed by atoms with Crippen LogP contribution in [0.2, 0.25) is 0 Å². The van der Waals surface area contributed by atoms with Crippen molar-refractivity contribution in [2.24, 2.45) is 22.5 Å². The summed E-state index contributed by atoms with van der Waals surface area (Å²) in [4.78, 5) is 0. The molecule has 1 aliphatic rings. The van der Waals surface area contributed by atoms with Crippen molar-refractivity contribution in [2.75, 3.05) is 0 Å². The van der Waals surface area contributed by atoms with Crippen LogP contribution in [-0.2, 0) is 12.8 Å². The molecule has 1 aromatic carbocycles. The number of hydrogen-bond donors (Lipinski definition) is 1. The Balaban J connectivity index is 2.29. The molecule has 1 heteroatoms. The van der Waals surface area contributed by atoms with Gasteiger partial charge >= 0.3 is 0 Å². The van der Waals surface area contributed by atoms with E-state index >= 15 is 0 Å². The Bertz CT molecular complexity index is 457. The van der Waals surface area contributed by atoms with Crippen LogP contribution in [0.4, 0.5) is 0 Å². The lowest BCUT2D eigenvalue weighted by Gasteiger charge is -2.17. The van der Waals surface area contributed by atoms with Crippen molar-refractivity contribution in [2.45, 2.75) is 60.4 Å². The van der Waals surface area contributed by atoms with E-state index in [1.165, 1.54) is 16.7 Å². The molecule has 1 unspecified atom stereocenters. The highest BCUT2D eigenvalue weighted by molar-refractivity contribution is 5.36. The molecule has 1 aromatic rings. The van der Waals surface area contributed by atoms with Gasteiger partial charge < -0.3 is 5.73 Å². The third kappa shape index (κ3) is 2.12. The van der Waals surface area contributed by atoms with Gasteiger partial charge in [0.05, 0.1) is 0 Å². The van der Waals surface area contributed by atoms with Crippen LogP contribution in [0.25, 0.3) is 0 Å². The molecule has 1 fully saturated rings. The largest absolute Gasteiger partial charge is 0.324 e. The van der Waals surface area contributed by atoms with E-state index in [0.717, 1.165) is 12.8 Å². The standard InChI is InChI=1S/C18H29N/c1-7-12-9-10-14(11-13(12)8-2)15(19)16-17(3,4)18(16,5)6/h9-11,15-16H,7-8,19H2,1-6H3. The SMILES string of the molecule is CCc1ccc(C(N)C2C(C)(C)C2(C)C)cc1CC. The first-order valence-electron chi connectivity index (χ1n) is 7.64. The maximum Gasteiger partial charge on any atom is 0.0334 e. The Morgan fingerprint density at radius 1 is 1.00 bits per heavy atom. The Morgan fingerprint density at radius 2 is 1.53 bits per heavy atom. The van der Waals surface area contributed by atoms with E-state index in [2.05, 4.69) is 59.7 Å². The lowest BCUT2D eigenvalue weighted by atomic mass is 9.92. The molecule has 0 spiro atoms. The van der Waals surface area contributed by atoms with Gasteiger partial charge in [0.2, 0.25) is 0 Å². The lowest BCUT2D eigenvalue weighted by molar-refractivity contribution is 0.457. The number of benzene rings is 1. The molecule has 2 N–H and O–H groups in total. The Hall–Kier alpha value is -0.820. The van der Waals surface area contributed by atoms with Crippen molar-refractivity contribution in [1.82, 2.24) is 0 Å². The molecule has 0 bridgehead atoms. The van der Waals surface area contributed by atoms with E-state index < -0.39 is 0 Å². The van der Waals surface area contributed by atoms with E-state index in [9.17, 15) is 0 Å². The highest BCUT2D eigenvalue weighted by Gasteiger charge is 2.66. The van der Waals surface area contributed by atoms with E-state index in [4.69, 9.17) is 5.73 Å². The van der Waals surface area contributed by atoms with Gasteiger partial charge in [-0.1, -0.05) is 59.7 Å². The van der Waals surface area contributed by atoms with Crippen molar-refractivity contribution in [1.29, 1.82) is 0 Å². The summed E-state index contributed by atoms with van der Waals surface area (Å²) in [5, 5.41) is 0. The molecule has 106 valence electrons. The summed E-state index contributed by atoms with van der Waals surface area (Å²) in [6, 6.07) is 7.03. The Morgan fingerprint density at radius 3 is 1.95 bits per heavy atom. The predicted octanol–water partition coefficient (Wildman–Crippen LogP) is 4.49. The predicted molar refractivity (Wildman–Crippen MR) is 83.2 cm³/mol. The van der Waals surface area contributed by atoms with Gasteiger partial charge in [0.25, 0.3) is 0 Å². The molecule has 2 rings (SSSR count). The van der Waals surface area contributed by atoms with Gasteiger partial charge in [-0.2, -0.15) is 0 Å². The summed E-state index contributed by atoms with van der Waals surface area (Å²) < 4.78 is 0. The average molecular weight is 259 g/mol. The zero-order valence-electron chi connectivity index (χ0n) is 13.4. The summed E-state index contributed by atoms with van der Waals surface area (Å²) in [5.41, 5.74) is 11.5. The minimum Gasteiger partial charge on any atom is -0.324 e. The number of rotatable bonds is 4. The topological polar surface area (TPSA) is 26.0 Å². The van der Waals surface area contributed by atoms with Gasteiger partial charge in [0.15, 0.2) is 0 Å². The first-order valence-corrected chi connectivity index (χ1v) is 7.64. The van der Waals surface area contributed by atoms with Crippen molar-refractivity contribution in [3.8, 4) is 0 Å². The molecular formula is C18H29N. The third-order valence-electron chi connectivity index (χ3n) is 5.87. The molecule has 0 aliphatic heterocycles. The highest BCUT2D eigenvalue weighted by atomic mass is 14.8. The summed E-state index contributed by atoms with van der Waals surface area (Å²) in [5.74, 6) is 0.581. The molecule has 19 heavy (non-hydrogen) atoms. The quantitative estimate of drug-likeness (QED) is 0.847. The van der Waals surface area contributed by atoms with Crippen LogP contribution in [0, 0.1) is 16.7 Å². The van der Waals surface area contributed by atoms with Gasteiger partial charge in [-0.25, -0.2) is 0 Å². The molecule has 0 saturated heterocycles. The van der Waals surface area contributed by atoms with Crippen molar-refractivity contribution in [3.05, 3.63) is 34.9 Å². The van der Waals surface area contributed by atoms with E-state index in [1.807, 2.05) is 0 Å². The maximum absolute atomic E-state index is 6.57. The fourth-order valence-corrected chi connectivity index (χ4v) is 3.86. The fraction of sp³-hybridized carbons (Fsp3) is 0.667. The second kappa shape index (κ2) is 4.63. The molecule has 1 aliphatic carbocycles. The normalized spacial score (nSPS) is 22.3. The first kappa shape index (κ1) is 14.6. The third-order valence-corrected chi connectivity index (χ3v) is 5.87. The molecule has 1 nitrogen and oxygen atoms in total. The van der Waals surface area contributed by atoms with Gasteiger partial charge in [-0.3, -0.25) is 0 Å². The van der Waals surface area contributed by atoms with Crippen LogP contribution in [0.15, 0.2) is 18.2 Å². The molecule has 0 radical (unpaired) electrons. The first-order chi connectivity index (χ1) is 8.77. The molecule has 0 heterocycles. The Labute approximate surface area is 118 Å². The van der Waals surface area contributed by atoms with Crippen LogP contribution >= 0.6 is 0 Å². The van der Waals surface area contributed by atoms with Crippen LogP contribution in [-0.4, -0.2) is 0 Å². The number of aryl methyl sites for hydroxylation is 2. The van der Waals surface area contributed by atoms with Crippen LogP contribution in [0.3, 0.4) is 0 Å². The smallest absolute Gasteiger partial charge is 0.0334 e. The fourth-order valence-electron chi connectivity index (χ4n) is 3.86. The van der Waals surface area contributed by atoms with Crippen LogP contribution in [0.5, 0.6) is 0 Å². The van der Waals surface area contributed by atoms with E-state index in [0.29, 0.717) is 16.7 Å². The molecule has 1 atom stereocenters. The van der Waals surface area contributed by atoms with Gasteiger partial charge in [-0.05, 0) is 46.3 Å². The minimum atomic E-state index is 0.168.